The van der Waals surface area contributed by atoms with Gasteiger partial charge in [-0.25, -0.2) is 0 Å². The molecule has 2 aliphatic heterocycles. The Morgan fingerprint density at radius 1 is 0.152 bits per heavy atom. The molecule has 0 amide bonds. The van der Waals surface area contributed by atoms with Crippen molar-refractivity contribution >= 4 is 158 Å². The molecule has 0 radical (unpaired) electrons. The maximum atomic E-state index is 4.76. The maximum absolute atomic E-state index is 4.76. The monoisotopic (exact) mass is 1240 g/mol. The molecule has 18 rings (SSSR count). The zero-order valence-electron chi connectivity index (χ0n) is 49.9. The van der Waals surface area contributed by atoms with Crippen molar-refractivity contribution in [3.8, 4) is 0 Å². The van der Waals surface area contributed by atoms with Gasteiger partial charge in [0.25, 0.3) is 0 Å². The Kier molecular flexibility index (Phi) is 13.4. The highest BCUT2D eigenvalue weighted by Crippen LogP contribution is 2.27. The number of benzene rings is 8. The van der Waals surface area contributed by atoms with E-state index in [0.717, 1.165) is 0 Å². The second-order valence-electron chi connectivity index (χ2n) is 23.9. The summed E-state index contributed by atoms with van der Waals surface area (Å²) in [6.07, 6.45) is 31.6. The molecule has 0 atom stereocenters. The van der Waals surface area contributed by atoms with Crippen molar-refractivity contribution in [1.29, 1.82) is 0 Å². The average Bonchev–Trinajstić information content (AvgIpc) is 0.677. The van der Waals surface area contributed by atoms with Gasteiger partial charge in [-0.15, -0.1) is 0 Å². The highest BCUT2D eigenvalue weighted by Gasteiger charge is 2.59. The summed E-state index contributed by atoms with van der Waals surface area (Å²) in [7, 11) is -11.9. The van der Waals surface area contributed by atoms with Crippen LogP contribution in [0.5, 0.6) is 0 Å². The first-order valence-corrected chi connectivity index (χ1v) is 39.0. The summed E-state index contributed by atoms with van der Waals surface area (Å²) in [5, 5.41) is 31.4. The van der Waals surface area contributed by atoms with E-state index >= 15 is 0 Å². The summed E-state index contributed by atoms with van der Waals surface area (Å²) in [4.78, 5) is 37.1. The number of hydrogen-bond donors (Lipinski definition) is 0. The van der Waals surface area contributed by atoms with Gasteiger partial charge in [0.2, 0.25) is 0 Å². The van der Waals surface area contributed by atoms with Crippen LogP contribution in [-0.4, -0.2) is 72.2 Å². The van der Waals surface area contributed by atoms with Crippen molar-refractivity contribution in [2.75, 3.05) is 0 Å². The largest absolute Gasteiger partial charge is 0.265 e. The zero-order valence-corrected chi connectivity index (χ0v) is 53.9. The van der Waals surface area contributed by atoms with Gasteiger partial charge >= 0.3 is 0 Å². The van der Waals surface area contributed by atoms with Gasteiger partial charge in [-0.2, -0.15) is 0 Å². The molecule has 0 saturated carbocycles. The van der Waals surface area contributed by atoms with Crippen LogP contribution in [0, 0.1) is 0 Å². The van der Waals surface area contributed by atoms with Crippen LogP contribution in [0.1, 0.15) is 0 Å². The second kappa shape index (κ2) is 22.4. The van der Waals surface area contributed by atoms with Gasteiger partial charge in [0.1, 0.15) is 0 Å². The fourth-order valence-corrected chi connectivity index (χ4v) is 39.7. The van der Waals surface area contributed by atoms with Crippen molar-refractivity contribution in [2.45, 2.75) is 0 Å². The lowest BCUT2D eigenvalue weighted by Gasteiger charge is -2.49. The highest BCUT2D eigenvalue weighted by molar-refractivity contribution is 7.34. The maximum Gasteiger partial charge on any atom is 0.182 e. The Labute approximate surface area is 536 Å². The molecule has 8 aromatic carbocycles. The van der Waals surface area contributed by atoms with E-state index in [9.17, 15) is 0 Å². The first kappa shape index (κ1) is 55.0. The molecule has 2 aliphatic rings. The van der Waals surface area contributed by atoms with Crippen LogP contribution in [0.15, 0.2) is 342 Å². The van der Waals surface area contributed by atoms with Crippen LogP contribution in [0.25, 0.3) is 43.1 Å². The van der Waals surface area contributed by atoms with Gasteiger partial charge in [0.15, 0.2) is 32.3 Å². The van der Waals surface area contributed by atoms with Crippen LogP contribution in [0.2, 0.25) is 0 Å². The van der Waals surface area contributed by atoms with Gasteiger partial charge in [-0.3, -0.25) is 39.9 Å². The molecule has 10 heterocycles. The van der Waals surface area contributed by atoms with Crippen molar-refractivity contribution in [3.05, 3.63) is 342 Å². The molecule has 0 saturated heterocycles. The summed E-state index contributed by atoms with van der Waals surface area (Å²) in [5.74, 6) is 0. The number of nitrogens with zero attached hydrogens (tertiary/aromatic N) is 8. The lowest BCUT2D eigenvalue weighted by atomic mass is 10.1. The van der Waals surface area contributed by atoms with E-state index < -0.39 is 32.3 Å². The molecule has 12 heteroatoms. The minimum Gasteiger partial charge on any atom is -0.265 e. The molecule has 0 unspecified atom stereocenters. The van der Waals surface area contributed by atoms with E-state index in [1.54, 1.807) is 0 Å². The van der Waals surface area contributed by atoms with E-state index in [2.05, 4.69) is 287 Å². The molecule has 8 aromatic heterocycles. The topological polar surface area (TPSA) is 103 Å². The predicted octanol–water partition coefficient (Wildman–Crippen LogP) is 5.28. The Balaban J connectivity index is 0.000000141. The second-order valence-corrected chi connectivity index (χ2v) is 38.8. The van der Waals surface area contributed by atoms with Crippen molar-refractivity contribution in [1.82, 2.24) is 39.9 Å². The lowest BCUT2D eigenvalue weighted by Crippen LogP contribution is -2.93. The Hall–Kier alpha value is -11.1. The van der Waals surface area contributed by atoms with Gasteiger partial charge in [0, 0.05) is 99.1 Å². The third kappa shape index (κ3) is 8.24. The van der Waals surface area contributed by atoms with Crippen LogP contribution < -0.4 is 83.0 Å². The number of hydrogen-bond acceptors (Lipinski definition) is 8. The summed E-state index contributed by atoms with van der Waals surface area (Å²) < 4.78 is 0. The van der Waals surface area contributed by atoms with Crippen LogP contribution in [-0.2, 0) is 0 Å². The van der Waals surface area contributed by atoms with Gasteiger partial charge in [-0.1, -0.05) is 170 Å². The van der Waals surface area contributed by atoms with E-state index in [0.29, 0.717) is 0 Å². The Morgan fingerprint density at radius 2 is 0.326 bits per heavy atom. The van der Waals surface area contributed by atoms with Gasteiger partial charge in [-0.05, 0) is 199 Å². The SMILES string of the molecule is c1ccc2cc3c(cc2c1)[Si](c1ccncc1)(c1ccncc1)c1cc2ccccc2cc1[Si]3(c1ccncc1)c1ccncc1.c1cncc([Si]2(c3cccnc3)c3cc4ccccc4cc3[Si](c3cccnc3)(c3cccnc3)c3cc4ccccc4cc32)c1. The lowest BCUT2D eigenvalue weighted by molar-refractivity contribution is 1.33. The van der Waals surface area contributed by atoms with E-state index in [4.69, 9.17) is 19.9 Å². The molecule has 0 spiro atoms. The van der Waals surface area contributed by atoms with Gasteiger partial charge in [0.05, 0.1) is 0 Å². The predicted molar refractivity (Wildman–Crippen MR) is 387 cm³/mol. The molecule has 16 aromatic rings. The molecule has 0 N–H and O–H groups in total. The molecule has 8 nitrogen and oxygen atoms in total. The molecule has 0 aliphatic carbocycles. The van der Waals surface area contributed by atoms with Crippen LogP contribution in [0.3, 0.4) is 0 Å². The first-order valence-electron chi connectivity index (χ1n) is 31.0. The summed E-state index contributed by atoms with van der Waals surface area (Å²) >= 11 is 0. The smallest absolute Gasteiger partial charge is 0.182 e. The van der Waals surface area contributed by atoms with Crippen LogP contribution >= 0.6 is 0 Å². The van der Waals surface area contributed by atoms with Crippen LogP contribution in [0.4, 0.5) is 0 Å². The van der Waals surface area contributed by atoms with E-state index in [-0.39, 0.29) is 0 Å². The van der Waals surface area contributed by atoms with Crippen molar-refractivity contribution in [3.63, 3.8) is 0 Å². The number of pyridine rings is 8. The average molecular weight is 1240 g/mol. The number of fused-ring (bicyclic) bond motifs is 8. The molecule has 0 fully saturated rings. The molecule has 432 valence electrons. The normalized spacial score (nSPS) is 14.4. The minimum absolute atomic E-state index is 1.23. The molecular weight excluding hydrogens is 1190 g/mol. The summed E-state index contributed by atoms with van der Waals surface area (Å²) in [5.41, 5.74) is 0. The standard InChI is InChI=1S/2C40H28N4Si2/c1-2-10-30-22-38-37(21-29(30)9-1)45(33-13-5-17-41-25-33,34-14-6-18-42-26-34)39-23-31-11-3-4-12-32(31)24-40(39)46(38,35-15-7-19-43-27-35)36-16-8-20-44-28-36;1-2-6-30-26-38-37(25-29(30)5-1)45(33-9-17-41-18-10-33,34-11-19-42-20-12-34)39-27-31-7-3-4-8-32(31)28-40(39)46(38,35-13-21-43-22-14-35)36-15-23-44-24-16-36/h2*1-28H. The number of rotatable bonds is 8. The third-order valence-electron chi connectivity index (χ3n) is 19.6. The van der Waals surface area contributed by atoms with Crippen molar-refractivity contribution in [2.24, 2.45) is 0 Å². The molecule has 0 bridgehead atoms. The minimum atomic E-state index is -3.00. The summed E-state index contributed by atoms with van der Waals surface area (Å²) in [6, 6.07) is 90.7. The fraction of sp³-hybridized carbons (Fsp3) is 0. The molecular formula is C80H56N8Si4. The molecule has 92 heavy (non-hydrogen) atoms. The number of aromatic nitrogens is 8. The highest BCUT2D eigenvalue weighted by atomic mass is 28.3. The third-order valence-corrected chi connectivity index (χ3v) is 39.8. The Morgan fingerprint density at radius 3 is 0.489 bits per heavy atom. The van der Waals surface area contributed by atoms with E-state index in [1.807, 2.05) is 74.4 Å². The fourth-order valence-electron chi connectivity index (χ4n) is 15.9. The summed E-state index contributed by atoms with van der Waals surface area (Å²) in [6.45, 7) is 0. The van der Waals surface area contributed by atoms with E-state index in [1.165, 1.54) is 126 Å². The zero-order chi connectivity index (χ0) is 61.1. The Bertz CT molecular complexity index is 4400. The van der Waals surface area contributed by atoms with Gasteiger partial charge < -0.3 is 0 Å². The quantitative estimate of drug-likeness (QED) is 0.190. The van der Waals surface area contributed by atoms with Crippen molar-refractivity contribution < 1.29 is 0 Å². The first-order chi connectivity index (χ1) is 45.6.